The van der Waals surface area contributed by atoms with Crippen LogP contribution in [-0.2, 0) is 9.59 Å². The van der Waals surface area contributed by atoms with Crippen LogP contribution in [0.5, 0.6) is 0 Å². The molecule has 0 aliphatic heterocycles. The van der Waals surface area contributed by atoms with Crippen molar-refractivity contribution < 1.29 is 9.59 Å². The summed E-state index contributed by atoms with van der Waals surface area (Å²) in [6, 6.07) is 7.11. The van der Waals surface area contributed by atoms with Gasteiger partial charge in [0.05, 0.1) is 0 Å². The number of rotatable bonds is 6. The molecule has 1 heterocycles. The van der Waals surface area contributed by atoms with Gasteiger partial charge in [-0.15, -0.1) is 10.2 Å². The highest BCUT2D eigenvalue weighted by Crippen LogP contribution is 2.28. The SMILES string of the molecule is CC[C@H](C)[C@H](NC(C)=O)C(=O)Nc1nnc(-c2cccc(Br)c2)s1. The Labute approximate surface area is 153 Å². The van der Waals surface area contributed by atoms with E-state index in [-0.39, 0.29) is 17.7 Å². The maximum Gasteiger partial charge on any atom is 0.249 e. The molecule has 0 spiro atoms. The third kappa shape index (κ3) is 4.85. The van der Waals surface area contributed by atoms with Crippen LogP contribution in [0.1, 0.15) is 27.2 Å². The summed E-state index contributed by atoms with van der Waals surface area (Å²) in [6.45, 7) is 5.30. The first-order valence-electron chi connectivity index (χ1n) is 7.58. The van der Waals surface area contributed by atoms with E-state index in [0.29, 0.717) is 10.1 Å². The Bertz CT molecular complexity index is 734. The number of aromatic nitrogens is 2. The normalized spacial score (nSPS) is 13.2. The second-order valence-electron chi connectivity index (χ2n) is 5.48. The van der Waals surface area contributed by atoms with Gasteiger partial charge in [-0.2, -0.15) is 0 Å². The van der Waals surface area contributed by atoms with Gasteiger partial charge in [-0.05, 0) is 18.1 Å². The van der Waals surface area contributed by atoms with Gasteiger partial charge in [-0.1, -0.05) is 59.7 Å². The van der Waals surface area contributed by atoms with Gasteiger partial charge >= 0.3 is 0 Å². The molecule has 1 aromatic carbocycles. The van der Waals surface area contributed by atoms with E-state index < -0.39 is 6.04 Å². The maximum absolute atomic E-state index is 12.5. The summed E-state index contributed by atoms with van der Waals surface area (Å²) in [5.41, 5.74) is 0.919. The summed E-state index contributed by atoms with van der Waals surface area (Å²) in [7, 11) is 0. The van der Waals surface area contributed by atoms with Gasteiger partial charge in [-0.3, -0.25) is 14.9 Å². The van der Waals surface area contributed by atoms with E-state index in [1.54, 1.807) is 0 Å². The Hall–Kier alpha value is -1.80. The third-order valence-corrected chi connectivity index (χ3v) is 4.96. The van der Waals surface area contributed by atoms with Crippen molar-refractivity contribution in [2.24, 2.45) is 5.92 Å². The van der Waals surface area contributed by atoms with Crippen molar-refractivity contribution in [3.05, 3.63) is 28.7 Å². The number of amides is 2. The second-order valence-corrected chi connectivity index (χ2v) is 7.37. The molecule has 0 fully saturated rings. The number of anilines is 1. The fourth-order valence-corrected chi connectivity index (χ4v) is 3.26. The molecule has 0 unspecified atom stereocenters. The highest BCUT2D eigenvalue weighted by Gasteiger charge is 2.25. The average molecular weight is 411 g/mol. The lowest BCUT2D eigenvalue weighted by Crippen LogP contribution is -2.46. The van der Waals surface area contributed by atoms with E-state index in [2.05, 4.69) is 36.8 Å². The number of carbonyl (C=O) groups is 2. The molecule has 2 N–H and O–H groups in total. The molecule has 6 nitrogen and oxygen atoms in total. The summed E-state index contributed by atoms with van der Waals surface area (Å²) < 4.78 is 0.947. The third-order valence-electron chi connectivity index (χ3n) is 3.58. The zero-order valence-corrected chi connectivity index (χ0v) is 16.1. The quantitative estimate of drug-likeness (QED) is 0.763. The van der Waals surface area contributed by atoms with Gasteiger partial charge in [0.2, 0.25) is 16.9 Å². The van der Waals surface area contributed by atoms with Crippen molar-refractivity contribution in [3.8, 4) is 10.6 Å². The molecule has 2 aromatic rings. The lowest BCUT2D eigenvalue weighted by Gasteiger charge is -2.22. The zero-order valence-electron chi connectivity index (χ0n) is 13.7. The second kappa shape index (κ2) is 8.34. The molecular formula is C16H19BrN4O2S. The zero-order chi connectivity index (χ0) is 17.7. The molecule has 24 heavy (non-hydrogen) atoms. The van der Waals surface area contributed by atoms with Gasteiger partial charge in [-0.25, -0.2) is 0 Å². The summed E-state index contributed by atoms with van der Waals surface area (Å²) in [6.07, 6.45) is 0.776. The largest absolute Gasteiger partial charge is 0.344 e. The minimum atomic E-state index is -0.592. The van der Waals surface area contributed by atoms with Crippen molar-refractivity contribution in [2.45, 2.75) is 33.2 Å². The monoisotopic (exact) mass is 410 g/mol. The van der Waals surface area contributed by atoms with E-state index in [4.69, 9.17) is 0 Å². The van der Waals surface area contributed by atoms with E-state index in [1.807, 2.05) is 38.1 Å². The molecule has 0 aliphatic carbocycles. The Kier molecular flexibility index (Phi) is 6.44. The highest BCUT2D eigenvalue weighted by atomic mass is 79.9. The summed E-state index contributed by atoms with van der Waals surface area (Å²) >= 11 is 4.71. The number of benzene rings is 1. The lowest BCUT2D eigenvalue weighted by atomic mass is 9.98. The molecule has 8 heteroatoms. The maximum atomic E-state index is 12.5. The van der Waals surface area contributed by atoms with Crippen molar-refractivity contribution in [2.75, 3.05) is 5.32 Å². The topological polar surface area (TPSA) is 84.0 Å². The molecule has 0 radical (unpaired) electrons. The van der Waals surface area contributed by atoms with Crippen molar-refractivity contribution in [1.29, 1.82) is 0 Å². The molecular weight excluding hydrogens is 392 g/mol. The molecule has 0 saturated heterocycles. The van der Waals surface area contributed by atoms with Crippen LogP contribution in [0.2, 0.25) is 0 Å². The van der Waals surface area contributed by atoms with Gasteiger partial charge < -0.3 is 5.32 Å². The van der Waals surface area contributed by atoms with Crippen molar-refractivity contribution in [3.63, 3.8) is 0 Å². The van der Waals surface area contributed by atoms with Crippen LogP contribution < -0.4 is 10.6 Å². The molecule has 128 valence electrons. The molecule has 0 bridgehead atoms. The Morgan fingerprint density at radius 1 is 1.33 bits per heavy atom. The van der Waals surface area contributed by atoms with E-state index in [9.17, 15) is 9.59 Å². The van der Waals surface area contributed by atoms with Crippen LogP contribution >= 0.6 is 27.3 Å². The van der Waals surface area contributed by atoms with Gasteiger partial charge in [0.1, 0.15) is 11.0 Å². The number of hydrogen-bond donors (Lipinski definition) is 2. The van der Waals surface area contributed by atoms with Crippen LogP contribution in [0, 0.1) is 5.92 Å². The van der Waals surface area contributed by atoms with Crippen LogP contribution in [0.15, 0.2) is 28.7 Å². The summed E-state index contributed by atoms with van der Waals surface area (Å²) in [5.74, 6) is -0.495. The fourth-order valence-electron chi connectivity index (χ4n) is 2.12. The number of nitrogens with zero attached hydrogens (tertiary/aromatic N) is 2. The highest BCUT2D eigenvalue weighted by molar-refractivity contribution is 9.10. The number of halogens is 1. The molecule has 0 saturated carbocycles. The standard InChI is InChI=1S/C16H19BrN4O2S/c1-4-9(2)13(18-10(3)22)14(23)19-16-21-20-15(24-16)11-6-5-7-12(17)8-11/h5-9,13H,4H2,1-3H3,(H,18,22)(H,19,21,23)/t9-,13-/m0/s1. The van der Waals surface area contributed by atoms with Crippen LogP contribution in [0.25, 0.3) is 10.6 Å². The Morgan fingerprint density at radius 2 is 2.08 bits per heavy atom. The predicted molar refractivity (Wildman–Crippen MR) is 98.7 cm³/mol. The molecule has 2 rings (SSSR count). The van der Waals surface area contributed by atoms with Gasteiger partial charge in [0.15, 0.2) is 0 Å². The van der Waals surface area contributed by atoms with Gasteiger partial charge in [0.25, 0.3) is 0 Å². The van der Waals surface area contributed by atoms with Crippen molar-refractivity contribution >= 4 is 44.2 Å². The lowest BCUT2D eigenvalue weighted by molar-refractivity contribution is -0.126. The number of carbonyl (C=O) groups excluding carboxylic acids is 2. The van der Waals surface area contributed by atoms with Crippen LogP contribution in [0.3, 0.4) is 0 Å². The minimum Gasteiger partial charge on any atom is -0.344 e. The Balaban J connectivity index is 2.12. The first kappa shape index (κ1) is 18.5. The summed E-state index contributed by atoms with van der Waals surface area (Å²) in [4.78, 5) is 23.8. The van der Waals surface area contributed by atoms with E-state index in [0.717, 1.165) is 16.5 Å². The van der Waals surface area contributed by atoms with Crippen molar-refractivity contribution in [1.82, 2.24) is 15.5 Å². The molecule has 1 aromatic heterocycles. The minimum absolute atomic E-state index is 0.0198. The number of hydrogen-bond acceptors (Lipinski definition) is 5. The fraction of sp³-hybridized carbons (Fsp3) is 0.375. The molecule has 2 amide bonds. The molecule has 0 aliphatic rings. The predicted octanol–water partition coefficient (Wildman–Crippen LogP) is 3.46. The molecule has 2 atom stereocenters. The Morgan fingerprint density at radius 3 is 2.71 bits per heavy atom. The number of nitrogens with one attached hydrogen (secondary N) is 2. The van der Waals surface area contributed by atoms with E-state index >= 15 is 0 Å². The first-order valence-corrected chi connectivity index (χ1v) is 9.19. The summed E-state index contributed by atoms with van der Waals surface area (Å²) in [5, 5.41) is 14.7. The smallest absolute Gasteiger partial charge is 0.249 e. The van der Waals surface area contributed by atoms with Gasteiger partial charge in [0, 0.05) is 17.0 Å². The first-order chi connectivity index (χ1) is 11.4. The van der Waals surface area contributed by atoms with Crippen LogP contribution in [-0.4, -0.2) is 28.1 Å². The van der Waals surface area contributed by atoms with Crippen LogP contribution in [0.4, 0.5) is 5.13 Å². The van der Waals surface area contributed by atoms with E-state index in [1.165, 1.54) is 18.3 Å². The average Bonchev–Trinajstić information content (AvgIpc) is 3.00.